The molecule has 5 heteroatoms. The molecule has 0 saturated heterocycles. The zero-order valence-corrected chi connectivity index (χ0v) is 23.4. The van der Waals surface area contributed by atoms with Crippen LogP contribution in [0.2, 0.25) is 0 Å². The number of hydrogen-bond donors (Lipinski definition) is 2. The van der Waals surface area contributed by atoms with Gasteiger partial charge in [0.25, 0.3) is 0 Å². The lowest BCUT2D eigenvalue weighted by atomic mass is 9.93. The number of amides is 2. The van der Waals surface area contributed by atoms with Gasteiger partial charge in [-0.15, -0.1) is 0 Å². The molecule has 0 aromatic carbocycles. The average Bonchev–Trinajstić information content (AvgIpc) is 2.80. The van der Waals surface area contributed by atoms with Gasteiger partial charge in [-0.3, -0.25) is 9.59 Å². The molecule has 202 valence electrons. The lowest BCUT2D eigenvalue weighted by Gasteiger charge is -2.33. The van der Waals surface area contributed by atoms with Gasteiger partial charge in [-0.25, -0.2) is 0 Å². The summed E-state index contributed by atoms with van der Waals surface area (Å²) >= 11 is 0. The number of nitrogens with two attached hydrogens (primary N) is 1. The Hall–Kier alpha value is -1.10. The number of carbonyl (C=O) groups excluding carboxylic acids is 2. The van der Waals surface area contributed by atoms with Crippen molar-refractivity contribution in [2.45, 2.75) is 168 Å². The van der Waals surface area contributed by atoms with E-state index in [4.69, 9.17) is 10.5 Å². The van der Waals surface area contributed by atoms with Crippen molar-refractivity contribution in [3.63, 3.8) is 0 Å². The maximum atomic E-state index is 12.5. The van der Waals surface area contributed by atoms with Gasteiger partial charge in [0.05, 0.1) is 5.60 Å². The van der Waals surface area contributed by atoms with Crippen LogP contribution in [0.3, 0.4) is 0 Å². The van der Waals surface area contributed by atoms with E-state index in [0.717, 1.165) is 32.1 Å². The molecular weight excluding hydrogens is 424 g/mol. The first-order valence-corrected chi connectivity index (χ1v) is 14.4. The molecule has 0 spiro atoms. The van der Waals surface area contributed by atoms with Crippen molar-refractivity contribution >= 4 is 11.8 Å². The van der Waals surface area contributed by atoms with E-state index in [2.05, 4.69) is 33.0 Å². The molecule has 0 heterocycles. The summed E-state index contributed by atoms with van der Waals surface area (Å²) in [4.78, 5) is 23.6. The van der Waals surface area contributed by atoms with E-state index in [-0.39, 0.29) is 23.0 Å². The van der Waals surface area contributed by atoms with Gasteiger partial charge in [0.2, 0.25) is 11.8 Å². The largest absolute Gasteiger partial charge is 0.375 e. The molecule has 0 aliphatic heterocycles. The molecule has 0 radical (unpaired) electrons. The van der Waals surface area contributed by atoms with Crippen LogP contribution in [0.25, 0.3) is 0 Å². The first kappa shape index (κ1) is 32.9. The predicted octanol–water partition coefficient (Wildman–Crippen LogP) is 7.59. The second-order valence-corrected chi connectivity index (χ2v) is 10.8. The highest BCUT2D eigenvalue weighted by Gasteiger charge is 2.27. The Balaban J connectivity index is 3.92. The lowest BCUT2D eigenvalue weighted by Crippen LogP contribution is -2.46. The minimum absolute atomic E-state index is 0.152. The number of unbranched alkanes of at least 4 members (excludes halogenated alkanes) is 12. The van der Waals surface area contributed by atoms with Gasteiger partial charge in [-0.1, -0.05) is 97.8 Å². The minimum Gasteiger partial charge on any atom is -0.375 e. The standard InChI is InChI=1S/C29H58N2O3/c1-6-9-10-11-12-13-14-15-16-17-18-19-20-21-27(33)31-28(4,7-2)24-25-34-29(5,8-3)23-22-26(30)32/h6-25H2,1-5H3,(H2,30,32)(H,31,33). The van der Waals surface area contributed by atoms with Crippen LogP contribution >= 0.6 is 0 Å². The molecule has 0 aromatic rings. The Kier molecular flexibility index (Phi) is 19.5. The zero-order chi connectivity index (χ0) is 25.7. The Morgan fingerprint density at radius 1 is 0.706 bits per heavy atom. The second-order valence-electron chi connectivity index (χ2n) is 10.8. The summed E-state index contributed by atoms with van der Waals surface area (Å²) in [7, 11) is 0. The Morgan fingerprint density at radius 2 is 1.21 bits per heavy atom. The maximum Gasteiger partial charge on any atom is 0.220 e. The highest BCUT2D eigenvalue weighted by Crippen LogP contribution is 2.24. The van der Waals surface area contributed by atoms with Gasteiger partial charge >= 0.3 is 0 Å². The van der Waals surface area contributed by atoms with E-state index < -0.39 is 0 Å². The van der Waals surface area contributed by atoms with Crippen LogP contribution < -0.4 is 11.1 Å². The zero-order valence-electron chi connectivity index (χ0n) is 23.4. The Morgan fingerprint density at radius 3 is 1.65 bits per heavy atom. The monoisotopic (exact) mass is 482 g/mol. The molecule has 0 fully saturated rings. The number of primary amides is 1. The fourth-order valence-corrected chi connectivity index (χ4v) is 4.29. The molecule has 2 amide bonds. The Labute approximate surface area is 211 Å². The number of carbonyl (C=O) groups is 2. The van der Waals surface area contributed by atoms with Gasteiger partial charge in [-0.2, -0.15) is 0 Å². The molecule has 0 saturated carbocycles. The molecule has 5 nitrogen and oxygen atoms in total. The summed E-state index contributed by atoms with van der Waals surface area (Å²) in [5.41, 5.74) is 4.69. The third kappa shape index (κ3) is 18.3. The quantitative estimate of drug-likeness (QED) is 0.139. The summed E-state index contributed by atoms with van der Waals surface area (Å²) in [6.45, 7) is 11.1. The Bertz CT molecular complexity index is 526. The van der Waals surface area contributed by atoms with Gasteiger partial charge < -0.3 is 15.8 Å². The van der Waals surface area contributed by atoms with Crippen molar-refractivity contribution in [2.24, 2.45) is 5.73 Å². The first-order chi connectivity index (χ1) is 16.2. The van der Waals surface area contributed by atoms with Gasteiger partial charge in [-0.05, 0) is 46.0 Å². The van der Waals surface area contributed by atoms with Crippen LogP contribution in [0.5, 0.6) is 0 Å². The molecular formula is C29H58N2O3. The minimum atomic E-state index is -0.345. The summed E-state index contributed by atoms with van der Waals surface area (Å²) < 4.78 is 6.13. The van der Waals surface area contributed by atoms with Gasteiger partial charge in [0, 0.05) is 25.0 Å². The number of hydrogen-bond acceptors (Lipinski definition) is 3. The molecule has 34 heavy (non-hydrogen) atoms. The van der Waals surface area contributed by atoms with E-state index in [0.29, 0.717) is 25.9 Å². The average molecular weight is 483 g/mol. The van der Waals surface area contributed by atoms with E-state index in [1.807, 2.05) is 6.92 Å². The van der Waals surface area contributed by atoms with Crippen molar-refractivity contribution in [1.29, 1.82) is 0 Å². The molecule has 2 unspecified atom stereocenters. The second kappa shape index (κ2) is 20.1. The van der Waals surface area contributed by atoms with Crippen molar-refractivity contribution < 1.29 is 14.3 Å². The van der Waals surface area contributed by atoms with Crippen molar-refractivity contribution in [2.75, 3.05) is 6.61 Å². The molecule has 0 aromatic heterocycles. The SMILES string of the molecule is CCCCCCCCCCCCCCCC(=O)NC(C)(CC)CCOC(C)(CC)CCC(N)=O. The van der Waals surface area contributed by atoms with Crippen LogP contribution in [0.1, 0.15) is 157 Å². The first-order valence-electron chi connectivity index (χ1n) is 14.4. The fraction of sp³-hybridized carbons (Fsp3) is 0.931. The van der Waals surface area contributed by atoms with Crippen LogP contribution in [-0.4, -0.2) is 29.6 Å². The van der Waals surface area contributed by atoms with Crippen LogP contribution in [0.15, 0.2) is 0 Å². The molecule has 2 atom stereocenters. The summed E-state index contributed by atoms with van der Waals surface area (Å²) in [5, 5.41) is 3.25. The third-order valence-corrected chi connectivity index (χ3v) is 7.48. The van der Waals surface area contributed by atoms with E-state index in [1.54, 1.807) is 0 Å². The van der Waals surface area contributed by atoms with Crippen molar-refractivity contribution in [3.05, 3.63) is 0 Å². The van der Waals surface area contributed by atoms with Crippen LogP contribution in [0.4, 0.5) is 0 Å². The number of ether oxygens (including phenoxy) is 1. The van der Waals surface area contributed by atoms with Gasteiger partial charge in [0.15, 0.2) is 0 Å². The molecule has 0 aliphatic rings. The number of rotatable bonds is 24. The highest BCUT2D eigenvalue weighted by atomic mass is 16.5. The third-order valence-electron chi connectivity index (χ3n) is 7.48. The van der Waals surface area contributed by atoms with E-state index in [9.17, 15) is 9.59 Å². The maximum absolute atomic E-state index is 12.5. The highest BCUT2D eigenvalue weighted by molar-refractivity contribution is 5.76. The topological polar surface area (TPSA) is 81.4 Å². The summed E-state index contributed by atoms with van der Waals surface area (Å²) in [6.07, 6.45) is 21.1. The summed E-state index contributed by atoms with van der Waals surface area (Å²) in [5.74, 6) is -0.137. The molecule has 0 bridgehead atoms. The smallest absolute Gasteiger partial charge is 0.220 e. The van der Waals surface area contributed by atoms with Gasteiger partial charge in [0.1, 0.15) is 0 Å². The molecule has 3 N–H and O–H groups in total. The van der Waals surface area contributed by atoms with E-state index in [1.165, 1.54) is 70.6 Å². The lowest BCUT2D eigenvalue weighted by molar-refractivity contribution is -0.124. The predicted molar refractivity (Wildman–Crippen MR) is 145 cm³/mol. The fourth-order valence-electron chi connectivity index (χ4n) is 4.29. The number of nitrogens with one attached hydrogen (secondary N) is 1. The van der Waals surface area contributed by atoms with Crippen LogP contribution in [0, 0.1) is 0 Å². The summed E-state index contributed by atoms with van der Waals surface area (Å²) in [6, 6.07) is 0. The molecule has 0 rings (SSSR count). The normalized spacial score (nSPS) is 15.0. The van der Waals surface area contributed by atoms with Crippen molar-refractivity contribution in [3.8, 4) is 0 Å². The van der Waals surface area contributed by atoms with Crippen LogP contribution in [-0.2, 0) is 14.3 Å². The van der Waals surface area contributed by atoms with Crippen molar-refractivity contribution in [1.82, 2.24) is 5.32 Å². The molecule has 0 aliphatic carbocycles. The van der Waals surface area contributed by atoms with E-state index >= 15 is 0 Å².